The molecular weight excluding hydrogens is 290 g/mol. The molecule has 118 valence electrons. The molecular formula is C15H17NO6. The van der Waals surface area contributed by atoms with Gasteiger partial charge in [-0.25, -0.2) is 0 Å². The number of rotatable bonds is 4. The minimum atomic E-state index is -0.965. The number of fused-ring (bicyclic) bond motifs is 1. The second-order valence-corrected chi connectivity index (χ2v) is 5.47. The number of ether oxygens (including phenoxy) is 3. The summed E-state index contributed by atoms with van der Waals surface area (Å²) >= 11 is 0. The number of nitrogens with one attached hydrogen (secondary N) is 1. The molecule has 1 aromatic carbocycles. The number of carboxylic acids is 1. The summed E-state index contributed by atoms with van der Waals surface area (Å²) in [4.78, 5) is 23.4. The molecule has 0 bridgehead atoms. The van der Waals surface area contributed by atoms with E-state index < -0.39 is 11.5 Å². The Labute approximate surface area is 127 Å². The highest BCUT2D eigenvalue weighted by atomic mass is 16.6. The molecule has 2 aliphatic rings. The van der Waals surface area contributed by atoms with Gasteiger partial charge in [0.2, 0.25) is 0 Å². The molecule has 1 aromatic rings. The van der Waals surface area contributed by atoms with Crippen molar-refractivity contribution < 1.29 is 28.9 Å². The van der Waals surface area contributed by atoms with Crippen LogP contribution in [0, 0.1) is 0 Å². The minimum Gasteiger partial charge on any atom is -0.486 e. The zero-order valence-corrected chi connectivity index (χ0v) is 12.0. The quantitative estimate of drug-likeness (QED) is 0.855. The average Bonchev–Trinajstić information content (AvgIpc) is 2.94. The monoisotopic (exact) mass is 307 g/mol. The van der Waals surface area contributed by atoms with Crippen LogP contribution in [-0.4, -0.2) is 48.9 Å². The Balaban J connectivity index is 1.77. The standard InChI is InChI=1S/C15H17NO6/c17-13(18)8-15(3-4-20-9-15)16-14(19)10-1-2-11-12(7-10)22-6-5-21-11/h1-2,7H,3-6,8-9H2,(H,16,19)(H,17,18). The van der Waals surface area contributed by atoms with E-state index in [0.29, 0.717) is 43.3 Å². The Morgan fingerprint density at radius 3 is 2.64 bits per heavy atom. The van der Waals surface area contributed by atoms with Crippen molar-refractivity contribution in [3.63, 3.8) is 0 Å². The third-order valence-electron chi connectivity index (χ3n) is 3.78. The fourth-order valence-electron chi connectivity index (χ4n) is 2.68. The van der Waals surface area contributed by atoms with E-state index in [2.05, 4.69) is 5.32 Å². The summed E-state index contributed by atoms with van der Waals surface area (Å²) in [5.74, 6) is -0.183. The van der Waals surface area contributed by atoms with E-state index in [1.54, 1.807) is 18.2 Å². The molecule has 2 heterocycles. The van der Waals surface area contributed by atoms with Gasteiger partial charge in [-0.15, -0.1) is 0 Å². The molecule has 22 heavy (non-hydrogen) atoms. The first-order valence-electron chi connectivity index (χ1n) is 7.10. The molecule has 0 aromatic heterocycles. The predicted octanol–water partition coefficient (Wildman–Crippen LogP) is 0.821. The summed E-state index contributed by atoms with van der Waals surface area (Å²) < 4.78 is 16.1. The van der Waals surface area contributed by atoms with Crippen molar-refractivity contribution in [2.24, 2.45) is 0 Å². The van der Waals surface area contributed by atoms with Crippen molar-refractivity contribution in [2.45, 2.75) is 18.4 Å². The van der Waals surface area contributed by atoms with Crippen LogP contribution in [0.3, 0.4) is 0 Å². The van der Waals surface area contributed by atoms with Crippen LogP contribution in [0.5, 0.6) is 11.5 Å². The van der Waals surface area contributed by atoms with Gasteiger partial charge in [0.05, 0.1) is 18.6 Å². The van der Waals surface area contributed by atoms with E-state index in [4.69, 9.17) is 19.3 Å². The number of carbonyl (C=O) groups is 2. The van der Waals surface area contributed by atoms with Crippen LogP contribution in [0.2, 0.25) is 0 Å². The van der Waals surface area contributed by atoms with E-state index in [1.165, 1.54) is 0 Å². The SMILES string of the molecule is O=C(O)CC1(NC(=O)c2ccc3c(c2)OCCO3)CCOC1. The van der Waals surface area contributed by atoms with Crippen molar-refractivity contribution >= 4 is 11.9 Å². The Bertz CT molecular complexity index is 594. The number of carbonyl (C=O) groups excluding carboxylic acids is 1. The third-order valence-corrected chi connectivity index (χ3v) is 3.78. The molecule has 7 nitrogen and oxygen atoms in total. The van der Waals surface area contributed by atoms with Gasteiger partial charge in [0.15, 0.2) is 11.5 Å². The fourth-order valence-corrected chi connectivity index (χ4v) is 2.68. The summed E-state index contributed by atoms with van der Waals surface area (Å²) in [6.07, 6.45) is 0.318. The Hall–Kier alpha value is -2.28. The molecule has 2 N–H and O–H groups in total. The van der Waals surface area contributed by atoms with Crippen LogP contribution < -0.4 is 14.8 Å². The largest absolute Gasteiger partial charge is 0.486 e. The van der Waals surface area contributed by atoms with Gasteiger partial charge >= 0.3 is 5.97 Å². The Kier molecular flexibility index (Phi) is 3.89. The summed E-state index contributed by atoms with van der Waals surface area (Å²) in [6.45, 7) is 1.57. The normalized spacial score (nSPS) is 23.1. The lowest BCUT2D eigenvalue weighted by Gasteiger charge is -2.27. The van der Waals surface area contributed by atoms with Gasteiger partial charge in [-0.2, -0.15) is 0 Å². The molecule has 1 fully saturated rings. The third kappa shape index (κ3) is 2.99. The van der Waals surface area contributed by atoms with Crippen LogP contribution in [0.4, 0.5) is 0 Å². The van der Waals surface area contributed by atoms with Gasteiger partial charge in [0.25, 0.3) is 5.91 Å². The van der Waals surface area contributed by atoms with Crippen molar-refractivity contribution in [3.05, 3.63) is 23.8 Å². The molecule has 7 heteroatoms. The van der Waals surface area contributed by atoms with Crippen molar-refractivity contribution in [2.75, 3.05) is 26.4 Å². The Morgan fingerprint density at radius 1 is 1.18 bits per heavy atom. The molecule has 2 aliphatic heterocycles. The average molecular weight is 307 g/mol. The Morgan fingerprint density at radius 2 is 1.95 bits per heavy atom. The van der Waals surface area contributed by atoms with Crippen molar-refractivity contribution in [1.29, 1.82) is 0 Å². The highest BCUT2D eigenvalue weighted by Crippen LogP contribution is 2.31. The highest BCUT2D eigenvalue weighted by Gasteiger charge is 2.38. The molecule has 0 radical (unpaired) electrons. The first kappa shape index (κ1) is 14.6. The summed E-state index contributed by atoms with van der Waals surface area (Å²) in [6, 6.07) is 4.92. The van der Waals surface area contributed by atoms with Gasteiger partial charge in [-0.05, 0) is 24.6 Å². The van der Waals surface area contributed by atoms with E-state index >= 15 is 0 Å². The summed E-state index contributed by atoms with van der Waals surface area (Å²) in [5.41, 5.74) is -0.447. The van der Waals surface area contributed by atoms with Crippen molar-refractivity contribution in [3.8, 4) is 11.5 Å². The molecule has 0 spiro atoms. The van der Waals surface area contributed by atoms with E-state index in [0.717, 1.165) is 0 Å². The van der Waals surface area contributed by atoms with E-state index in [-0.39, 0.29) is 18.9 Å². The van der Waals surface area contributed by atoms with Gasteiger partial charge in [-0.3, -0.25) is 9.59 Å². The first-order valence-corrected chi connectivity index (χ1v) is 7.10. The van der Waals surface area contributed by atoms with Gasteiger partial charge < -0.3 is 24.6 Å². The van der Waals surface area contributed by atoms with E-state index in [9.17, 15) is 9.59 Å². The predicted molar refractivity (Wildman–Crippen MR) is 75.3 cm³/mol. The molecule has 1 unspecified atom stereocenters. The van der Waals surface area contributed by atoms with Crippen LogP contribution >= 0.6 is 0 Å². The summed E-state index contributed by atoms with van der Waals surface area (Å²) in [7, 11) is 0. The second kappa shape index (κ2) is 5.84. The minimum absolute atomic E-state index is 0.163. The van der Waals surface area contributed by atoms with Crippen LogP contribution in [-0.2, 0) is 9.53 Å². The van der Waals surface area contributed by atoms with Crippen LogP contribution in [0.15, 0.2) is 18.2 Å². The molecule has 1 amide bonds. The van der Waals surface area contributed by atoms with E-state index in [1.807, 2.05) is 0 Å². The first-order chi connectivity index (χ1) is 10.6. The topological polar surface area (TPSA) is 94.1 Å². The highest BCUT2D eigenvalue weighted by molar-refractivity contribution is 5.95. The zero-order valence-electron chi connectivity index (χ0n) is 12.0. The smallest absolute Gasteiger partial charge is 0.305 e. The molecule has 3 rings (SSSR count). The maximum atomic E-state index is 12.4. The van der Waals surface area contributed by atoms with Crippen LogP contribution in [0.25, 0.3) is 0 Å². The number of benzene rings is 1. The lowest BCUT2D eigenvalue weighted by atomic mass is 9.93. The van der Waals surface area contributed by atoms with Crippen molar-refractivity contribution in [1.82, 2.24) is 5.32 Å². The van der Waals surface area contributed by atoms with Gasteiger partial charge in [0, 0.05) is 12.2 Å². The fraction of sp³-hybridized carbons (Fsp3) is 0.467. The number of hydrogen-bond donors (Lipinski definition) is 2. The van der Waals surface area contributed by atoms with Gasteiger partial charge in [0.1, 0.15) is 13.2 Å². The molecule has 1 saturated heterocycles. The summed E-state index contributed by atoms with van der Waals surface area (Å²) in [5, 5.41) is 11.8. The lowest BCUT2D eigenvalue weighted by Crippen LogP contribution is -2.50. The molecule has 1 atom stereocenters. The number of carboxylic acid groups (broad SMARTS) is 1. The van der Waals surface area contributed by atoms with Gasteiger partial charge in [-0.1, -0.05) is 0 Å². The number of hydrogen-bond acceptors (Lipinski definition) is 5. The molecule has 0 saturated carbocycles. The molecule has 0 aliphatic carbocycles. The maximum absolute atomic E-state index is 12.4. The maximum Gasteiger partial charge on any atom is 0.305 e. The second-order valence-electron chi connectivity index (χ2n) is 5.47. The number of amides is 1. The zero-order chi connectivity index (χ0) is 15.6. The number of aliphatic carboxylic acids is 1. The van der Waals surface area contributed by atoms with Crippen LogP contribution in [0.1, 0.15) is 23.2 Å². The lowest BCUT2D eigenvalue weighted by molar-refractivity contribution is -0.138.